The molecular formula is C19H21ClN6O2. The smallest absolute Gasteiger partial charge is 0.322 e. The first-order valence-electron chi connectivity index (χ1n) is 9.05. The van der Waals surface area contributed by atoms with E-state index in [2.05, 4.69) is 20.4 Å². The fraction of sp³-hybridized carbons (Fsp3) is 0.316. The molecule has 3 heterocycles. The topological polar surface area (TPSA) is 75.0 Å². The van der Waals surface area contributed by atoms with Crippen molar-refractivity contribution < 1.29 is 9.53 Å². The summed E-state index contributed by atoms with van der Waals surface area (Å²) in [5, 5.41) is 11.8. The summed E-state index contributed by atoms with van der Waals surface area (Å²) in [6.07, 6.45) is 1.88. The van der Waals surface area contributed by atoms with Gasteiger partial charge in [0.05, 0.1) is 31.1 Å². The Labute approximate surface area is 167 Å². The van der Waals surface area contributed by atoms with Gasteiger partial charge in [-0.25, -0.2) is 4.79 Å². The first-order valence-corrected chi connectivity index (χ1v) is 9.42. The number of morpholine rings is 1. The van der Waals surface area contributed by atoms with Gasteiger partial charge in [0.1, 0.15) is 0 Å². The predicted molar refractivity (Wildman–Crippen MR) is 108 cm³/mol. The van der Waals surface area contributed by atoms with Gasteiger partial charge in [-0.05, 0) is 30.3 Å². The second-order valence-electron chi connectivity index (χ2n) is 6.59. The van der Waals surface area contributed by atoms with E-state index in [4.69, 9.17) is 16.3 Å². The van der Waals surface area contributed by atoms with Gasteiger partial charge in [-0.3, -0.25) is 4.40 Å². The molecule has 28 heavy (non-hydrogen) atoms. The molecule has 1 aliphatic rings. The van der Waals surface area contributed by atoms with E-state index in [9.17, 15) is 4.79 Å². The fourth-order valence-electron chi connectivity index (χ4n) is 3.18. The number of ether oxygens (including phenoxy) is 1. The van der Waals surface area contributed by atoms with E-state index in [-0.39, 0.29) is 6.03 Å². The van der Waals surface area contributed by atoms with Crippen molar-refractivity contribution in [3.63, 3.8) is 0 Å². The highest BCUT2D eigenvalue weighted by molar-refractivity contribution is 6.31. The number of pyridine rings is 1. The molecule has 4 rings (SSSR count). The van der Waals surface area contributed by atoms with Crippen LogP contribution in [0.2, 0.25) is 5.02 Å². The van der Waals surface area contributed by atoms with Crippen molar-refractivity contribution in [2.45, 2.75) is 6.54 Å². The number of carbonyl (C=O) groups excluding carboxylic acids is 1. The quantitative estimate of drug-likeness (QED) is 0.728. The second-order valence-corrected chi connectivity index (χ2v) is 7.03. The zero-order chi connectivity index (χ0) is 19.5. The Hall–Kier alpha value is -2.84. The number of benzene rings is 1. The van der Waals surface area contributed by atoms with Gasteiger partial charge >= 0.3 is 6.03 Å². The zero-order valence-corrected chi connectivity index (χ0v) is 16.3. The number of nitrogens with one attached hydrogen (secondary N) is 1. The first kappa shape index (κ1) is 18.5. The Morgan fingerprint density at radius 2 is 2.07 bits per heavy atom. The average molecular weight is 401 g/mol. The third-order valence-corrected chi connectivity index (χ3v) is 4.90. The highest BCUT2D eigenvalue weighted by atomic mass is 35.5. The Bertz CT molecular complexity index is 985. The van der Waals surface area contributed by atoms with E-state index < -0.39 is 0 Å². The summed E-state index contributed by atoms with van der Waals surface area (Å²) in [7, 11) is 1.72. The number of urea groups is 1. The van der Waals surface area contributed by atoms with Crippen LogP contribution >= 0.6 is 11.6 Å². The van der Waals surface area contributed by atoms with Crippen LogP contribution < -0.4 is 10.2 Å². The second kappa shape index (κ2) is 8.04. The molecule has 0 unspecified atom stereocenters. The van der Waals surface area contributed by atoms with Gasteiger partial charge in [0, 0.05) is 31.4 Å². The molecule has 1 N–H and O–H groups in total. The minimum Gasteiger partial charge on any atom is -0.378 e. The highest BCUT2D eigenvalue weighted by Crippen LogP contribution is 2.30. The van der Waals surface area contributed by atoms with Crippen LogP contribution in [0.1, 0.15) is 5.82 Å². The van der Waals surface area contributed by atoms with E-state index >= 15 is 0 Å². The van der Waals surface area contributed by atoms with Gasteiger partial charge in [0.15, 0.2) is 11.5 Å². The number of halogens is 1. The molecule has 0 atom stereocenters. The monoisotopic (exact) mass is 400 g/mol. The average Bonchev–Trinajstić information content (AvgIpc) is 3.12. The lowest BCUT2D eigenvalue weighted by Crippen LogP contribution is -2.37. The maximum Gasteiger partial charge on any atom is 0.322 e. The van der Waals surface area contributed by atoms with E-state index in [0.717, 1.165) is 24.4 Å². The van der Waals surface area contributed by atoms with Crippen LogP contribution in [0.5, 0.6) is 0 Å². The van der Waals surface area contributed by atoms with Crippen LogP contribution in [0, 0.1) is 0 Å². The summed E-state index contributed by atoms with van der Waals surface area (Å²) in [6, 6.07) is 11.0. The summed E-state index contributed by atoms with van der Waals surface area (Å²) in [5.41, 5.74) is 2.36. The van der Waals surface area contributed by atoms with Gasteiger partial charge in [-0.1, -0.05) is 17.7 Å². The van der Waals surface area contributed by atoms with E-state index in [1.807, 2.05) is 40.9 Å². The molecule has 1 aliphatic heterocycles. The molecule has 2 amide bonds. The maximum atomic E-state index is 12.8. The van der Waals surface area contributed by atoms with Crippen LogP contribution in [-0.2, 0) is 11.3 Å². The van der Waals surface area contributed by atoms with Gasteiger partial charge in [0.2, 0.25) is 0 Å². The van der Waals surface area contributed by atoms with Crippen LogP contribution in [0.25, 0.3) is 5.65 Å². The molecule has 3 aromatic rings. The Kier molecular flexibility index (Phi) is 5.31. The molecule has 146 valence electrons. The summed E-state index contributed by atoms with van der Waals surface area (Å²) >= 11 is 6.17. The number of anilines is 2. The molecule has 8 nitrogen and oxygen atoms in total. The van der Waals surface area contributed by atoms with Crippen LogP contribution in [-0.4, -0.2) is 58.9 Å². The molecule has 0 bridgehead atoms. The molecular weight excluding hydrogens is 380 g/mol. The number of hydrogen-bond acceptors (Lipinski definition) is 5. The third kappa shape index (κ3) is 3.88. The lowest BCUT2D eigenvalue weighted by molar-refractivity contribution is 0.123. The van der Waals surface area contributed by atoms with E-state index in [1.165, 1.54) is 0 Å². The van der Waals surface area contributed by atoms with Crippen molar-refractivity contribution in [3.05, 3.63) is 53.4 Å². The Balaban J connectivity index is 1.50. The summed E-state index contributed by atoms with van der Waals surface area (Å²) in [4.78, 5) is 16.5. The minimum absolute atomic E-state index is 0.246. The summed E-state index contributed by atoms with van der Waals surface area (Å²) in [6.45, 7) is 3.19. The van der Waals surface area contributed by atoms with Crippen LogP contribution in [0.15, 0.2) is 42.6 Å². The van der Waals surface area contributed by atoms with E-state index in [1.54, 1.807) is 18.0 Å². The fourth-order valence-corrected chi connectivity index (χ4v) is 3.35. The predicted octanol–water partition coefficient (Wildman–Crippen LogP) is 2.88. The lowest BCUT2D eigenvalue weighted by atomic mass is 10.2. The number of hydrogen-bond donors (Lipinski definition) is 1. The molecule has 2 aromatic heterocycles. The number of rotatable bonds is 4. The van der Waals surface area contributed by atoms with Gasteiger partial charge in [-0.15, -0.1) is 10.2 Å². The van der Waals surface area contributed by atoms with Crippen molar-refractivity contribution in [3.8, 4) is 0 Å². The van der Waals surface area contributed by atoms with Crippen LogP contribution in [0.4, 0.5) is 16.2 Å². The van der Waals surface area contributed by atoms with Crippen molar-refractivity contribution in [1.29, 1.82) is 0 Å². The summed E-state index contributed by atoms with van der Waals surface area (Å²) < 4.78 is 7.28. The number of nitrogens with zero attached hydrogens (tertiary/aromatic N) is 5. The highest BCUT2D eigenvalue weighted by Gasteiger charge is 2.19. The molecule has 1 fully saturated rings. The number of carbonyl (C=O) groups is 1. The number of amides is 2. The lowest BCUT2D eigenvalue weighted by Gasteiger charge is -2.31. The van der Waals surface area contributed by atoms with Gasteiger partial charge in [-0.2, -0.15) is 0 Å². The van der Waals surface area contributed by atoms with Crippen LogP contribution in [0.3, 0.4) is 0 Å². The molecule has 1 saturated heterocycles. The van der Waals surface area contributed by atoms with Crippen molar-refractivity contribution >= 4 is 34.7 Å². The largest absolute Gasteiger partial charge is 0.378 e. The maximum absolute atomic E-state index is 12.8. The standard InChI is InChI=1S/C19H21ClN6O2/c1-24(13-18-23-22-17-4-2-3-7-26(17)18)19(27)21-15-12-14(20)5-6-16(15)25-8-10-28-11-9-25/h2-7,12H,8-11,13H2,1H3,(H,21,27). The Morgan fingerprint density at radius 3 is 2.89 bits per heavy atom. The number of aromatic nitrogens is 3. The molecule has 0 radical (unpaired) electrons. The molecule has 9 heteroatoms. The van der Waals surface area contributed by atoms with Crippen molar-refractivity contribution in [2.75, 3.05) is 43.6 Å². The molecule has 1 aromatic carbocycles. The van der Waals surface area contributed by atoms with Gasteiger partial charge in [0.25, 0.3) is 0 Å². The van der Waals surface area contributed by atoms with Crippen molar-refractivity contribution in [1.82, 2.24) is 19.5 Å². The molecule has 0 saturated carbocycles. The molecule has 0 aliphatic carbocycles. The Morgan fingerprint density at radius 1 is 1.25 bits per heavy atom. The summed E-state index contributed by atoms with van der Waals surface area (Å²) in [5.74, 6) is 0.688. The first-order chi connectivity index (χ1) is 13.6. The normalized spacial score (nSPS) is 14.3. The zero-order valence-electron chi connectivity index (χ0n) is 15.5. The van der Waals surface area contributed by atoms with Gasteiger partial charge < -0.3 is 19.9 Å². The minimum atomic E-state index is -0.246. The van der Waals surface area contributed by atoms with E-state index in [0.29, 0.717) is 36.3 Å². The number of fused-ring (bicyclic) bond motifs is 1. The SMILES string of the molecule is CN(Cc1nnc2ccccn12)C(=O)Nc1cc(Cl)ccc1N1CCOCC1. The third-order valence-electron chi connectivity index (χ3n) is 4.66. The van der Waals surface area contributed by atoms with Crippen molar-refractivity contribution in [2.24, 2.45) is 0 Å². The molecule has 0 spiro atoms.